The predicted molar refractivity (Wildman–Crippen MR) is 61.2 cm³/mol. The van der Waals surface area contributed by atoms with Gasteiger partial charge < -0.3 is 9.84 Å². The fourth-order valence-electron chi connectivity index (χ4n) is 2.16. The van der Waals surface area contributed by atoms with E-state index in [1.165, 1.54) is 6.42 Å². The molecule has 0 aromatic carbocycles. The Bertz CT molecular complexity index is 326. The summed E-state index contributed by atoms with van der Waals surface area (Å²) in [5.74, 6) is 1.63. The molecule has 0 saturated carbocycles. The first-order valence-corrected chi connectivity index (χ1v) is 5.98. The quantitative estimate of drug-likeness (QED) is 0.756. The van der Waals surface area contributed by atoms with E-state index in [0.717, 1.165) is 44.1 Å². The third-order valence-corrected chi connectivity index (χ3v) is 3.12. The standard InChI is InChI=1S/C11H20N4O/c1-12-7-3-6-10-13-11(14-16-10)9-5-4-8-15(9)2/h9,12H,3-8H2,1-2H3. The van der Waals surface area contributed by atoms with E-state index < -0.39 is 0 Å². The largest absolute Gasteiger partial charge is 0.339 e. The van der Waals surface area contributed by atoms with Gasteiger partial charge in [-0.25, -0.2) is 0 Å². The molecule has 0 radical (unpaired) electrons. The van der Waals surface area contributed by atoms with Crippen molar-refractivity contribution in [3.05, 3.63) is 11.7 Å². The maximum atomic E-state index is 5.26. The average Bonchev–Trinajstić information content (AvgIpc) is 2.87. The van der Waals surface area contributed by atoms with E-state index >= 15 is 0 Å². The molecular weight excluding hydrogens is 204 g/mol. The van der Waals surface area contributed by atoms with Gasteiger partial charge in [0.2, 0.25) is 5.89 Å². The van der Waals surface area contributed by atoms with E-state index in [1.54, 1.807) is 0 Å². The maximum absolute atomic E-state index is 5.26. The van der Waals surface area contributed by atoms with Gasteiger partial charge in [-0.1, -0.05) is 5.16 Å². The van der Waals surface area contributed by atoms with Gasteiger partial charge in [0.1, 0.15) is 0 Å². The number of nitrogens with zero attached hydrogens (tertiary/aromatic N) is 3. The molecule has 0 bridgehead atoms. The summed E-state index contributed by atoms with van der Waals surface area (Å²) in [5.41, 5.74) is 0. The third-order valence-electron chi connectivity index (χ3n) is 3.12. The van der Waals surface area contributed by atoms with Crippen molar-refractivity contribution in [2.24, 2.45) is 0 Å². The molecule has 1 unspecified atom stereocenters. The van der Waals surface area contributed by atoms with E-state index in [1.807, 2.05) is 7.05 Å². The van der Waals surface area contributed by atoms with Gasteiger partial charge in [-0.15, -0.1) is 0 Å². The van der Waals surface area contributed by atoms with E-state index in [4.69, 9.17) is 4.52 Å². The zero-order valence-electron chi connectivity index (χ0n) is 10.1. The highest BCUT2D eigenvalue weighted by atomic mass is 16.5. The molecule has 1 fully saturated rings. The van der Waals surface area contributed by atoms with Gasteiger partial charge >= 0.3 is 0 Å². The van der Waals surface area contributed by atoms with Crippen molar-refractivity contribution in [2.45, 2.75) is 31.7 Å². The number of rotatable bonds is 5. The maximum Gasteiger partial charge on any atom is 0.226 e. The summed E-state index contributed by atoms with van der Waals surface area (Å²) in [4.78, 5) is 6.76. The van der Waals surface area contributed by atoms with Gasteiger partial charge in [0.05, 0.1) is 6.04 Å². The number of hydrogen-bond acceptors (Lipinski definition) is 5. The van der Waals surface area contributed by atoms with Gasteiger partial charge in [0, 0.05) is 6.42 Å². The van der Waals surface area contributed by atoms with E-state index in [2.05, 4.69) is 27.4 Å². The number of aromatic nitrogens is 2. The van der Waals surface area contributed by atoms with Crippen LogP contribution in [0.5, 0.6) is 0 Å². The van der Waals surface area contributed by atoms with Crippen molar-refractivity contribution >= 4 is 0 Å². The Balaban J connectivity index is 1.91. The van der Waals surface area contributed by atoms with Gasteiger partial charge in [-0.2, -0.15) is 4.98 Å². The lowest BCUT2D eigenvalue weighted by atomic mass is 10.2. The van der Waals surface area contributed by atoms with Crippen molar-refractivity contribution in [3.8, 4) is 0 Å². The summed E-state index contributed by atoms with van der Waals surface area (Å²) in [5, 5.41) is 7.19. The van der Waals surface area contributed by atoms with Crippen molar-refractivity contribution in [2.75, 3.05) is 27.2 Å². The Hall–Kier alpha value is -0.940. The molecule has 0 amide bonds. The summed E-state index contributed by atoms with van der Waals surface area (Å²) in [6.07, 6.45) is 4.28. The molecule has 0 spiro atoms. The minimum Gasteiger partial charge on any atom is -0.339 e. The minimum absolute atomic E-state index is 0.363. The first-order valence-electron chi connectivity index (χ1n) is 5.98. The fourth-order valence-corrected chi connectivity index (χ4v) is 2.16. The Kier molecular flexibility index (Phi) is 3.90. The van der Waals surface area contributed by atoms with Crippen molar-refractivity contribution in [1.29, 1.82) is 0 Å². The molecule has 1 aromatic heterocycles. The van der Waals surface area contributed by atoms with Gasteiger partial charge in [0.25, 0.3) is 0 Å². The zero-order valence-corrected chi connectivity index (χ0v) is 10.1. The summed E-state index contributed by atoms with van der Waals surface area (Å²) in [7, 11) is 4.07. The van der Waals surface area contributed by atoms with Crippen LogP contribution in [0, 0.1) is 0 Å². The summed E-state index contributed by atoms with van der Waals surface area (Å²) < 4.78 is 5.26. The highest BCUT2D eigenvalue weighted by Gasteiger charge is 2.26. The lowest BCUT2D eigenvalue weighted by molar-refractivity contribution is 0.292. The van der Waals surface area contributed by atoms with Crippen LogP contribution in [0.3, 0.4) is 0 Å². The smallest absolute Gasteiger partial charge is 0.226 e. The Morgan fingerprint density at radius 3 is 3.12 bits per heavy atom. The summed E-state index contributed by atoms with van der Waals surface area (Å²) in [6.45, 7) is 2.12. The van der Waals surface area contributed by atoms with Gasteiger partial charge in [0.15, 0.2) is 5.82 Å². The first-order chi connectivity index (χ1) is 7.81. The van der Waals surface area contributed by atoms with Gasteiger partial charge in [-0.3, -0.25) is 4.90 Å². The van der Waals surface area contributed by atoms with E-state index in [9.17, 15) is 0 Å². The molecule has 90 valence electrons. The number of nitrogens with one attached hydrogen (secondary N) is 1. The molecule has 1 saturated heterocycles. The predicted octanol–water partition coefficient (Wildman–Crippen LogP) is 0.988. The Morgan fingerprint density at radius 2 is 2.44 bits per heavy atom. The van der Waals surface area contributed by atoms with Crippen LogP contribution in [0.2, 0.25) is 0 Å². The van der Waals surface area contributed by atoms with E-state index in [-0.39, 0.29) is 0 Å². The second-order valence-electron chi connectivity index (χ2n) is 4.39. The Labute approximate surface area is 96.2 Å². The molecule has 16 heavy (non-hydrogen) atoms. The van der Waals surface area contributed by atoms with Crippen LogP contribution in [0.15, 0.2) is 4.52 Å². The first kappa shape index (κ1) is 11.5. The highest BCUT2D eigenvalue weighted by molar-refractivity contribution is 4.97. The molecule has 0 aliphatic carbocycles. The minimum atomic E-state index is 0.363. The average molecular weight is 224 g/mol. The second kappa shape index (κ2) is 5.41. The molecule has 5 heteroatoms. The van der Waals surface area contributed by atoms with Crippen LogP contribution in [0.25, 0.3) is 0 Å². The molecule has 1 aliphatic heterocycles. The Morgan fingerprint density at radius 1 is 1.56 bits per heavy atom. The lowest BCUT2D eigenvalue weighted by Crippen LogP contribution is -2.18. The highest BCUT2D eigenvalue weighted by Crippen LogP contribution is 2.28. The van der Waals surface area contributed by atoms with Crippen LogP contribution in [0.1, 0.15) is 37.0 Å². The normalized spacial score (nSPS) is 21.8. The molecular formula is C11H20N4O. The van der Waals surface area contributed by atoms with Crippen molar-refractivity contribution in [3.63, 3.8) is 0 Å². The molecule has 1 N–H and O–H groups in total. The lowest BCUT2D eigenvalue weighted by Gasteiger charge is -2.14. The number of likely N-dealkylation sites (tertiary alicyclic amines) is 1. The molecule has 2 heterocycles. The summed E-state index contributed by atoms with van der Waals surface area (Å²) >= 11 is 0. The van der Waals surface area contributed by atoms with Crippen molar-refractivity contribution in [1.82, 2.24) is 20.4 Å². The monoisotopic (exact) mass is 224 g/mol. The molecule has 1 aliphatic rings. The van der Waals surface area contributed by atoms with Crippen LogP contribution < -0.4 is 5.32 Å². The summed E-state index contributed by atoms with van der Waals surface area (Å²) in [6, 6.07) is 0.363. The fraction of sp³-hybridized carbons (Fsp3) is 0.818. The molecule has 2 rings (SSSR count). The van der Waals surface area contributed by atoms with Gasteiger partial charge in [-0.05, 0) is 46.4 Å². The zero-order chi connectivity index (χ0) is 11.4. The van der Waals surface area contributed by atoms with Crippen LogP contribution in [-0.2, 0) is 6.42 Å². The van der Waals surface area contributed by atoms with Crippen molar-refractivity contribution < 1.29 is 4.52 Å². The SMILES string of the molecule is CNCCCc1nc(C2CCCN2C)no1. The van der Waals surface area contributed by atoms with Crippen LogP contribution in [0.4, 0.5) is 0 Å². The van der Waals surface area contributed by atoms with Crippen LogP contribution in [-0.4, -0.2) is 42.2 Å². The second-order valence-corrected chi connectivity index (χ2v) is 4.39. The molecule has 5 nitrogen and oxygen atoms in total. The topological polar surface area (TPSA) is 54.2 Å². The number of hydrogen-bond donors (Lipinski definition) is 1. The third kappa shape index (κ3) is 2.59. The number of aryl methyl sites for hydroxylation is 1. The molecule has 1 aromatic rings. The van der Waals surface area contributed by atoms with Crippen LogP contribution >= 0.6 is 0 Å². The van der Waals surface area contributed by atoms with E-state index in [0.29, 0.717) is 6.04 Å². The molecule has 1 atom stereocenters.